The van der Waals surface area contributed by atoms with Crippen LogP contribution in [0.2, 0.25) is 0 Å². The van der Waals surface area contributed by atoms with E-state index in [1.807, 2.05) is 13.0 Å². The fourth-order valence-corrected chi connectivity index (χ4v) is 8.90. The van der Waals surface area contributed by atoms with E-state index >= 15 is 0 Å². The lowest BCUT2D eigenvalue weighted by Crippen LogP contribution is -2.57. The summed E-state index contributed by atoms with van der Waals surface area (Å²) in [5.74, 6) is -1.54. The second-order valence-electron chi connectivity index (χ2n) is 10.9. The highest BCUT2D eigenvalue weighted by Gasteiger charge is 2.78. The summed E-state index contributed by atoms with van der Waals surface area (Å²) in [6, 6.07) is 5.75. The molecule has 212 valence electrons. The van der Waals surface area contributed by atoms with Gasteiger partial charge in [0.05, 0.1) is 42.9 Å². The third-order valence-corrected chi connectivity index (χ3v) is 10.4. The Balaban J connectivity index is 1.70. The van der Waals surface area contributed by atoms with Gasteiger partial charge in [0.15, 0.2) is 0 Å². The Labute approximate surface area is 235 Å². The van der Waals surface area contributed by atoms with Gasteiger partial charge >= 0.3 is 5.97 Å². The molecule has 3 aliphatic rings. The fourth-order valence-electron chi connectivity index (χ4n) is 6.58. The monoisotopic (exact) mass is 556 g/mol. The number of benzene rings is 1. The molecule has 8 nitrogen and oxygen atoms in total. The maximum absolute atomic E-state index is 14.5. The van der Waals surface area contributed by atoms with Crippen molar-refractivity contribution >= 4 is 35.2 Å². The summed E-state index contributed by atoms with van der Waals surface area (Å²) in [5.41, 5.74) is 0.656. The number of rotatable bonds is 13. The number of likely N-dealkylation sites (tertiary alicyclic amines) is 1. The van der Waals surface area contributed by atoms with Gasteiger partial charge in [-0.3, -0.25) is 14.4 Å². The first-order valence-corrected chi connectivity index (χ1v) is 14.5. The molecule has 3 aliphatic heterocycles. The largest absolute Gasteiger partial charge is 0.497 e. The summed E-state index contributed by atoms with van der Waals surface area (Å²) in [6.45, 7) is 11.6. The van der Waals surface area contributed by atoms with Crippen LogP contribution < -0.4 is 9.64 Å². The number of fused-ring (bicyclic) bond motifs is 1. The van der Waals surface area contributed by atoms with Crippen LogP contribution in [0, 0.1) is 11.8 Å². The number of anilines is 1. The summed E-state index contributed by atoms with van der Waals surface area (Å²) < 4.78 is 9.70. The molecule has 0 saturated carbocycles. The predicted octanol–water partition coefficient (Wildman–Crippen LogP) is 3.98. The van der Waals surface area contributed by atoms with Crippen molar-refractivity contribution in [3.8, 4) is 5.75 Å². The zero-order chi connectivity index (χ0) is 28.4. The number of esters is 1. The molecule has 3 fully saturated rings. The van der Waals surface area contributed by atoms with Crippen molar-refractivity contribution in [3.05, 3.63) is 49.6 Å². The van der Waals surface area contributed by atoms with Gasteiger partial charge in [0.1, 0.15) is 11.8 Å². The number of hydrogen-bond acceptors (Lipinski definition) is 7. The molecule has 1 aromatic rings. The second-order valence-corrected chi connectivity index (χ2v) is 12.8. The number of aliphatic hydroxyl groups is 1. The molecule has 3 heterocycles. The van der Waals surface area contributed by atoms with E-state index in [1.54, 1.807) is 61.0 Å². The Hall–Kier alpha value is -2.78. The van der Waals surface area contributed by atoms with Crippen molar-refractivity contribution < 1.29 is 29.0 Å². The highest BCUT2D eigenvalue weighted by molar-refractivity contribution is 8.02. The number of amides is 2. The molecule has 1 spiro atoms. The number of allylic oxidation sites excluding steroid dienone is 1. The van der Waals surface area contributed by atoms with Crippen LogP contribution in [0.4, 0.5) is 5.69 Å². The van der Waals surface area contributed by atoms with Gasteiger partial charge in [0, 0.05) is 17.0 Å². The number of ether oxygens (including phenoxy) is 2. The van der Waals surface area contributed by atoms with Crippen LogP contribution in [0.1, 0.15) is 46.0 Å². The van der Waals surface area contributed by atoms with E-state index in [9.17, 15) is 19.5 Å². The minimum atomic E-state index is -0.837. The molecule has 2 bridgehead atoms. The molecule has 1 N–H and O–H groups in total. The molecule has 39 heavy (non-hydrogen) atoms. The Bertz CT molecular complexity index is 1110. The lowest BCUT2D eigenvalue weighted by molar-refractivity contribution is -0.156. The molecule has 2 amide bonds. The number of carbonyl (C=O) groups excluding carboxylic acids is 3. The maximum atomic E-state index is 14.5. The SMILES string of the molecule is C=CCCCCOC(=O)[C@@H]1[C@H]2C(=O)N([C@H](C)CO)C(C(=O)N(CC=C)c3ccc(OC)cc3)C23CC[C@@]1(C)S3. The van der Waals surface area contributed by atoms with Crippen LogP contribution in [0.15, 0.2) is 49.6 Å². The number of aliphatic hydroxyl groups excluding tert-OH is 1. The van der Waals surface area contributed by atoms with Crippen molar-refractivity contribution in [1.82, 2.24) is 4.90 Å². The molecule has 6 atom stereocenters. The average Bonchev–Trinajstić information content (AvgIpc) is 3.51. The Morgan fingerprint density at radius 2 is 1.95 bits per heavy atom. The van der Waals surface area contributed by atoms with E-state index in [-0.39, 0.29) is 30.9 Å². The number of hydrogen-bond donors (Lipinski definition) is 1. The quantitative estimate of drug-likeness (QED) is 0.223. The Kier molecular flexibility index (Phi) is 8.81. The van der Waals surface area contributed by atoms with Crippen LogP contribution in [-0.4, -0.2) is 76.2 Å². The number of nitrogens with zero attached hydrogens (tertiary/aromatic N) is 2. The van der Waals surface area contributed by atoms with E-state index < -0.39 is 33.4 Å². The molecule has 0 radical (unpaired) electrons. The number of thioether (sulfide) groups is 1. The topological polar surface area (TPSA) is 96.4 Å². The normalized spacial score (nSPS) is 29.6. The summed E-state index contributed by atoms with van der Waals surface area (Å²) in [7, 11) is 1.58. The molecule has 2 unspecified atom stereocenters. The highest BCUT2D eigenvalue weighted by atomic mass is 32.2. The Morgan fingerprint density at radius 1 is 1.23 bits per heavy atom. The maximum Gasteiger partial charge on any atom is 0.311 e. The smallest absolute Gasteiger partial charge is 0.311 e. The fraction of sp³-hybridized carbons (Fsp3) is 0.567. The van der Waals surface area contributed by atoms with Gasteiger partial charge in [-0.15, -0.1) is 24.9 Å². The first-order chi connectivity index (χ1) is 18.7. The highest BCUT2D eigenvalue weighted by Crippen LogP contribution is 2.71. The summed E-state index contributed by atoms with van der Waals surface area (Å²) in [5, 5.41) is 10.1. The van der Waals surface area contributed by atoms with Gasteiger partial charge in [-0.25, -0.2) is 0 Å². The molecule has 9 heteroatoms. The molecule has 1 aromatic carbocycles. The van der Waals surface area contributed by atoms with E-state index in [0.717, 1.165) is 19.3 Å². The Morgan fingerprint density at radius 3 is 2.56 bits per heavy atom. The minimum absolute atomic E-state index is 0.244. The van der Waals surface area contributed by atoms with Crippen molar-refractivity contribution in [2.75, 3.05) is 31.8 Å². The zero-order valence-electron chi connectivity index (χ0n) is 23.1. The van der Waals surface area contributed by atoms with Gasteiger partial charge in [0.25, 0.3) is 5.91 Å². The number of unbranched alkanes of at least 4 members (excludes halogenated alkanes) is 2. The van der Waals surface area contributed by atoms with Crippen LogP contribution >= 0.6 is 11.8 Å². The van der Waals surface area contributed by atoms with Crippen molar-refractivity contribution in [2.45, 2.75) is 67.5 Å². The molecule has 0 aliphatic carbocycles. The van der Waals surface area contributed by atoms with E-state index in [1.165, 1.54) is 4.90 Å². The summed E-state index contributed by atoms with van der Waals surface area (Å²) >= 11 is 1.59. The van der Waals surface area contributed by atoms with Gasteiger partial charge in [-0.2, -0.15) is 0 Å². The first-order valence-electron chi connectivity index (χ1n) is 13.7. The van der Waals surface area contributed by atoms with Crippen LogP contribution in [-0.2, 0) is 19.1 Å². The number of methoxy groups -OCH3 is 1. The predicted molar refractivity (Wildman–Crippen MR) is 153 cm³/mol. The van der Waals surface area contributed by atoms with Gasteiger partial charge in [-0.05, 0) is 70.2 Å². The van der Waals surface area contributed by atoms with E-state index in [0.29, 0.717) is 30.9 Å². The zero-order valence-corrected chi connectivity index (χ0v) is 24.0. The van der Waals surface area contributed by atoms with Crippen LogP contribution in [0.5, 0.6) is 5.75 Å². The second kappa shape index (κ2) is 11.8. The van der Waals surface area contributed by atoms with Gasteiger partial charge in [0.2, 0.25) is 5.91 Å². The van der Waals surface area contributed by atoms with Gasteiger partial charge in [-0.1, -0.05) is 12.2 Å². The molecule has 3 saturated heterocycles. The molecular weight excluding hydrogens is 516 g/mol. The van der Waals surface area contributed by atoms with Crippen LogP contribution in [0.25, 0.3) is 0 Å². The minimum Gasteiger partial charge on any atom is -0.497 e. The third-order valence-electron chi connectivity index (χ3n) is 8.45. The molecule has 4 rings (SSSR count). The molecular formula is C30H40N2O6S. The molecule has 0 aromatic heterocycles. The van der Waals surface area contributed by atoms with E-state index in [2.05, 4.69) is 13.2 Å². The third kappa shape index (κ3) is 4.99. The average molecular weight is 557 g/mol. The van der Waals surface area contributed by atoms with Crippen LogP contribution in [0.3, 0.4) is 0 Å². The number of carbonyl (C=O) groups is 3. The van der Waals surface area contributed by atoms with Crippen molar-refractivity contribution in [2.24, 2.45) is 11.8 Å². The lowest BCUT2D eigenvalue weighted by Gasteiger charge is -2.38. The van der Waals surface area contributed by atoms with Crippen molar-refractivity contribution in [1.29, 1.82) is 0 Å². The first kappa shape index (κ1) is 29.2. The summed E-state index contributed by atoms with van der Waals surface area (Å²) in [4.78, 5) is 45.3. The van der Waals surface area contributed by atoms with Gasteiger partial charge < -0.3 is 24.4 Å². The van der Waals surface area contributed by atoms with Crippen molar-refractivity contribution in [3.63, 3.8) is 0 Å². The summed E-state index contributed by atoms with van der Waals surface area (Å²) in [6.07, 6.45) is 7.28. The lowest BCUT2D eigenvalue weighted by atomic mass is 9.66. The van der Waals surface area contributed by atoms with E-state index in [4.69, 9.17) is 9.47 Å². The standard InChI is InChI=1S/C30H40N2O6S/c1-6-8-9-10-18-38-28(36)24-23-26(34)32(20(3)19-33)25(30(23)16-15-29(24,4)39-30)27(35)31(17-7-2)21-11-13-22(37-5)14-12-21/h6-7,11-14,20,23-25,33H,1-2,8-10,15-19H2,3-5H3/t20-,23+,24+,25?,29-,30?/m1/s1.